The summed E-state index contributed by atoms with van der Waals surface area (Å²) >= 11 is 0. The van der Waals surface area contributed by atoms with Gasteiger partial charge in [-0.15, -0.1) is 0 Å². The molecule has 1 unspecified atom stereocenters. The number of hydrogen-bond acceptors (Lipinski definition) is 3. The molecular formula is C15H17NO3S. The molecule has 0 saturated heterocycles. The third kappa shape index (κ3) is 2.84. The van der Waals surface area contributed by atoms with Crippen LogP contribution in [0, 0.1) is 0 Å². The summed E-state index contributed by atoms with van der Waals surface area (Å²) in [5, 5.41) is 9.44. The van der Waals surface area contributed by atoms with E-state index in [0.717, 1.165) is 0 Å². The fraction of sp³-hybridized carbons (Fsp3) is 0.200. The number of benzene rings is 2. The van der Waals surface area contributed by atoms with Crippen LogP contribution in [0.3, 0.4) is 0 Å². The first-order chi connectivity index (χ1) is 9.43. The summed E-state index contributed by atoms with van der Waals surface area (Å²) in [5.41, 5.74) is 1.29. The van der Waals surface area contributed by atoms with Crippen molar-refractivity contribution >= 4 is 15.7 Å². The molecule has 20 heavy (non-hydrogen) atoms. The predicted octanol–water partition coefficient (Wildman–Crippen LogP) is 2.57. The average Bonchev–Trinajstić information content (AvgIpc) is 2.47. The highest BCUT2D eigenvalue weighted by molar-refractivity contribution is 7.92. The Kier molecular flexibility index (Phi) is 4.11. The Labute approximate surface area is 119 Å². The molecule has 1 N–H and O–H groups in total. The van der Waals surface area contributed by atoms with Crippen LogP contribution in [0.1, 0.15) is 18.6 Å². The number of hydrogen-bond donors (Lipinski definition) is 1. The number of aliphatic hydroxyl groups is 1. The highest BCUT2D eigenvalue weighted by Crippen LogP contribution is 2.23. The lowest BCUT2D eigenvalue weighted by atomic mass is 10.1. The van der Waals surface area contributed by atoms with Crippen molar-refractivity contribution < 1.29 is 13.5 Å². The summed E-state index contributed by atoms with van der Waals surface area (Å²) in [6, 6.07) is 15.2. The van der Waals surface area contributed by atoms with Gasteiger partial charge in [-0.2, -0.15) is 0 Å². The Morgan fingerprint density at radius 3 is 2.05 bits per heavy atom. The van der Waals surface area contributed by atoms with Crippen molar-refractivity contribution in [1.82, 2.24) is 0 Å². The second-order valence-electron chi connectivity index (χ2n) is 4.55. The zero-order valence-electron chi connectivity index (χ0n) is 11.4. The first-order valence-electron chi connectivity index (χ1n) is 6.25. The van der Waals surface area contributed by atoms with E-state index >= 15 is 0 Å². The van der Waals surface area contributed by atoms with Crippen LogP contribution in [0.4, 0.5) is 5.69 Å². The van der Waals surface area contributed by atoms with Crippen molar-refractivity contribution in [1.29, 1.82) is 0 Å². The van der Waals surface area contributed by atoms with Crippen LogP contribution in [0.5, 0.6) is 0 Å². The molecule has 0 amide bonds. The van der Waals surface area contributed by atoms with Gasteiger partial charge in [0, 0.05) is 7.05 Å². The molecule has 2 rings (SSSR count). The Bertz CT molecular complexity index is 664. The van der Waals surface area contributed by atoms with E-state index in [2.05, 4.69) is 0 Å². The van der Waals surface area contributed by atoms with Gasteiger partial charge < -0.3 is 5.11 Å². The Morgan fingerprint density at radius 1 is 1.00 bits per heavy atom. The SMILES string of the molecule is CC(O)c1ccc(S(=O)(=O)N(C)c2ccccc2)cc1. The number of anilines is 1. The lowest BCUT2D eigenvalue weighted by molar-refractivity contribution is 0.199. The van der Waals surface area contributed by atoms with Crippen LogP contribution in [-0.2, 0) is 10.0 Å². The summed E-state index contributed by atoms with van der Waals surface area (Å²) in [6.45, 7) is 1.64. The highest BCUT2D eigenvalue weighted by Gasteiger charge is 2.21. The molecule has 2 aromatic rings. The van der Waals surface area contributed by atoms with E-state index < -0.39 is 16.1 Å². The van der Waals surface area contributed by atoms with E-state index in [-0.39, 0.29) is 4.90 Å². The fourth-order valence-electron chi connectivity index (χ4n) is 1.85. The van der Waals surface area contributed by atoms with Crippen LogP contribution < -0.4 is 4.31 Å². The van der Waals surface area contributed by atoms with Crippen molar-refractivity contribution in [3.63, 3.8) is 0 Å². The molecule has 106 valence electrons. The largest absolute Gasteiger partial charge is 0.389 e. The maximum atomic E-state index is 12.5. The van der Waals surface area contributed by atoms with Crippen LogP contribution in [0.2, 0.25) is 0 Å². The van der Waals surface area contributed by atoms with Gasteiger partial charge in [-0.1, -0.05) is 30.3 Å². The molecule has 0 aliphatic carbocycles. The van der Waals surface area contributed by atoms with Crippen LogP contribution in [-0.4, -0.2) is 20.6 Å². The minimum atomic E-state index is -3.58. The molecule has 4 nitrogen and oxygen atoms in total. The number of aliphatic hydroxyl groups excluding tert-OH is 1. The van der Waals surface area contributed by atoms with E-state index in [1.165, 1.54) is 23.5 Å². The molecule has 0 heterocycles. The highest BCUT2D eigenvalue weighted by atomic mass is 32.2. The molecule has 0 bridgehead atoms. The molecule has 0 aliphatic rings. The third-order valence-corrected chi connectivity index (χ3v) is 4.94. The van der Waals surface area contributed by atoms with Crippen LogP contribution in [0.15, 0.2) is 59.5 Å². The van der Waals surface area contributed by atoms with Gasteiger partial charge in [-0.25, -0.2) is 8.42 Å². The van der Waals surface area contributed by atoms with Gasteiger partial charge in [0.1, 0.15) is 0 Å². The Hall–Kier alpha value is -1.85. The van der Waals surface area contributed by atoms with Crippen molar-refractivity contribution in [2.24, 2.45) is 0 Å². The lowest BCUT2D eigenvalue weighted by Crippen LogP contribution is -2.26. The van der Waals surface area contributed by atoms with Gasteiger partial charge in [-0.05, 0) is 36.8 Å². The van der Waals surface area contributed by atoms with Crippen molar-refractivity contribution in [2.45, 2.75) is 17.9 Å². The monoisotopic (exact) mass is 291 g/mol. The molecule has 2 aromatic carbocycles. The Morgan fingerprint density at radius 2 is 1.55 bits per heavy atom. The zero-order chi connectivity index (χ0) is 14.8. The quantitative estimate of drug-likeness (QED) is 0.942. The van der Waals surface area contributed by atoms with E-state index in [1.807, 2.05) is 6.07 Å². The van der Waals surface area contributed by atoms with Gasteiger partial charge >= 0.3 is 0 Å². The summed E-state index contributed by atoms with van der Waals surface area (Å²) < 4.78 is 26.2. The molecule has 0 aromatic heterocycles. The summed E-state index contributed by atoms with van der Waals surface area (Å²) in [6.07, 6.45) is -0.612. The van der Waals surface area contributed by atoms with Crippen molar-refractivity contribution in [2.75, 3.05) is 11.4 Å². The number of rotatable bonds is 4. The maximum absolute atomic E-state index is 12.5. The number of sulfonamides is 1. The van der Waals surface area contributed by atoms with Crippen LogP contribution in [0.25, 0.3) is 0 Å². The summed E-state index contributed by atoms with van der Waals surface area (Å²) in [5.74, 6) is 0. The molecule has 0 saturated carbocycles. The van der Waals surface area contributed by atoms with Gasteiger partial charge in [0.05, 0.1) is 16.7 Å². The first-order valence-corrected chi connectivity index (χ1v) is 7.69. The molecule has 0 aliphatic heterocycles. The average molecular weight is 291 g/mol. The maximum Gasteiger partial charge on any atom is 0.264 e. The predicted molar refractivity (Wildman–Crippen MR) is 79.1 cm³/mol. The molecule has 5 heteroatoms. The normalized spacial score (nSPS) is 12.9. The number of para-hydroxylation sites is 1. The van der Waals surface area contributed by atoms with E-state index in [4.69, 9.17) is 0 Å². The molecule has 1 atom stereocenters. The molecular weight excluding hydrogens is 274 g/mol. The first kappa shape index (κ1) is 14.6. The fourth-order valence-corrected chi connectivity index (χ4v) is 3.05. The van der Waals surface area contributed by atoms with E-state index in [1.54, 1.807) is 43.3 Å². The second kappa shape index (κ2) is 5.64. The summed E-state index contributed by atoms with van der Waals surface area (Å²) in [7, 11) is -2.06. The second-order valence-corrected chi connectivity index (χ2v) is 6.52. The topological polar surface area (TPSA) is 57.6 Å². The molecule has 0 fully saturated rings. The van der Waals surface area contributed by atoms with Gasteiger partial charge in [-0.3, -0.25) is 4.31 Å². The molecule has 0 spiro atoms. The lowest BCUT2D eigenvalue weighted by Gasteiger charge is -2.19. The van der Waals surface area contributed by atoms with Gasteiger partial charge in [0.25, 0.3) is 10.0 Å². The van der Waals surface area contributed by atoms with E-state index in [0.29, 0.717) is 11.3 Å². The van der Waals surface area contributed by atoms with Crippen molar-refractivity contribution in [3.05, 3.63) is 60.2 Å². The van der Waals surface area contributed by atoms with Gasteiger partial charge in [0.2, 0.25) is 0 Å². The smallest absolute Gasteiger partial charge is 0.264 e. The minimum Gasteiger partial charge on any atom is -0.389 e. The number of nitrogens with zero attached hydrogens (tertiary/aromatic N) is 1. The summed E-state index contributed by atoms with van der Waals surface area (Å²) in [4.78, 5) is 0.202. The minimum absolute atomic E-state index is 0.202. The zero-order valence-corrected chi connectivity index (χ0v) is 12.2. The Balaban J connectivity index is 2.35. The van der Waals surface area contributed by atoms with Crippen LogP contribution >= 0.6 is 0 Å². The third-order valence-electron chi connectivity index (χ3n) is 3.14. The van der Waals surface area contributed by atoms with Crippen molar-refractivity contribution in [3.8, 4) is 0 Å². The van der Waals surface area contributed by atoms with Gasteiger partial charge in [0.15, 0.2) is 0 Å². The standard InChI is InChI=1S/C15H17NO3S/c1-12(17)13-8-10-15(11-9-13)20(18,19)16(2)14-6-4-3-5-7-14/h3-12,17H,1-2H3. The van der Waals surface area contributed by atoms with E-state index in [9.17, 15) is 13.5 Å². The molecule has 0 radical (unpaired) electrons.